The normalized spacial score (nSPS) is 13.8. The van der Waals surface area contributed by atoms with Crippen molar-refractivity contribution in [3.8, 4) is 5.75 Å². The van der Waals surface area contributed by atoms with Crippen LogP contribution in [0.5, 0.6) is 5.75 Å². The monoisotopic (exact) mass is 390 g/mol. The largest absolute Gasteiger partial charge is 0.490 e. The van der Waals surface area contributed by atoms with Gasteiger partial charge in [-0.3, -0.25) is 9.59 Å². The Bertz CT molecular complexity index is 974. The van der Waals surface area contributed by atoms with E-state index in [0.717, 1.165) is 18.6 Å². The number of amides is 2. The molecule has 1 heterocycles. The fraction of sp³-hybridized carbons (Fsp3) is 0.217. The van der Waals surface area contributed by atoms with Crippen LogP contribution in [0.1, 0.15) is 46.6 Å². The summed E-state index contributed by atoms with van der Waals surface area (Å²) in [6, 6.07) is 17.4. The molecule has 1 fully saturated rings. The van der Waals surface area contributed by atoms with Crippen molar-refractivity contribution in [1.29, 1.82) is 0 Å². The van der Waals surface area contributed by atoms with Gasteiger partial charge in [-0.05, 0) is 74.2 Å². The summed E-state index contributed by atoms with van der Waals surface area (Å²) < 4.78 is 11.0. The second kappa shape index (κ2) is 8.65. The highest BCUT2D eigenvalue weighted by Gasteiger charge is 2.16. The lowest BCUT2D eigenvalue weighted by molar-refractivity contribution is 0.0995. The molecule has 2 N–H and O–H groups in total. The van der Waals surface area contributed by atoms with E-state index >= 15 is 0 Å². The third kappa shape index (κ3) is 4.85. The second-order valence-corrected chi connectivity index (χ2v) is 7.02. The first-order valence-electron chi connectivity index (χ1n) is 9.70. The maximum absolute atomic E-state index is 12.5. The van der Waals surface area contributed by atoms with Gasteiger partial charge < -0.3 is 19.8 Å². The van der Waals surface area contributed by atoms with E-state index in [1.54, 1.807) is 36.4 Å². The van der Waals surface area contributed by atoms with Crippen LogP contribution in [-0.2, 0) is 0 Å². The molecule has 0 saturated heterocycles. The van der Waals surface area contributed by atoms with Crippen molar-refractivity contribution in [1.82, 2.24) is 0 Å². The lowest BCUT2D eigenvalue weighted by Crippen LogP contribution is -2.14. The maximum atomic E-state index is 12.5. The van der Waals surface area contributed by atoms with Gasteiger partial charge in [-0.15, -0.1) is 0 Å². The maximum Gasteiger partial charge on any atom is 0.291 e. The quantitative estimate of drug-likeness (QED) is 0.613. The van der Waals surface area contributed by atoms with Gasteiger partial charge in [0.05, 0.1) is 12.4 Å². The molecule has 0 radical (unpaired) electrons. The first-order valence-corrected chi connectivity index (χ1v) is 9.70. The average molecular weight is 390 g/mol. The minimum absolute atomic E-state index is 0.228. The van der Waals surface area contributed by atoms with Crippen LogP contribution in [0.3, 0.4) is 0 Å². The zero-order valence-corrected chi connectivity index (χ0v) is 15.9. The summed E-state index contributed by atoms with van der Waals surface area (Å²) in [4.78, 5) is 24.5. The summed E-state index contributed by atoms with van der Waals surface area (Å²) in [6.45, 7) is 0. The number of anilines is 2. The molecule has 0 bridgehead atoms. The van der Waals surface area contributed by atoms with E-state index in [2.05, 4.69) is 10.6 Å². The van der Waals surface area contributed by atoms with E-state index in [4.69, 9.17) is 9.15 Å². The second-order valence-electron chi connectivity index (χ2n) is 7.02. The summed E-state index contributed by atoms with van der Waals surface area (Å²) in [6.07, 6.45) is 6.29. The Morgan fingerprint density at radius 3 is 2.34 bits per heavy atom. The predicted molar refractivity (Wildman–Crippen MR) is 110 cm³/mol. The van der Waals surface area contributed by atoms with Gasteiger partial charge in [0, 0.05) is 23.0 Å². The van der Waals surface area contributed by atoms with Gasteiger partial charge in [0.2, 0.25) is 0 Å². The molecule has 6 nitrogen and oxygen atoms in total. The zero-order chi connectivity index (χ0) is 20.1. The average Bonchev–Trinajstić information content (AvgIpc) is 3.43. The van der Waals surface area contributed by atoms with Crippen LogP contribution < -0.4 is 15.4 Å². The van der Waals surface area contributed by atoms with E-state index in [-0.39, 0.29) is 23.7 Å². The highest BCUT2D eigenvalue weighted by molar-refractivity contribution is 6.05. The number of hydrogen-bond acceptors (Lipinski definition) is 4. The van der Waals surface area contributed by atoms with Crippen molar-refractivity contribution in [2.45, 2.75) is 31.8 Å². The van der Waals surface area contributed by atoms with E-state index in [0.29, 0.717) is 16.9 Å². The van der Waals surface area contributed by atoms with Crippen LogP contribution in [0, 0.1) is 0 Å². The highest BCUT2D eigenvalue weighted by Crippen LogP contribution is 2.26. The highest BCUT2D eigenvalue weighted by atomic mass is 16.5. The van der Waals surface area contributed by atoms with E-state index in [1.807, 2.05) is 24.3 Å². The van der Waals surface area contributed by atoms with Crippen molar-refractivity contribution >= 4 is 23.2 Å². The van der Waals surface area contributed by atoms with Crippen molar-refractivity contribution in [3.63, 3.8) is 0 Å². The van der Waals surface area contributed by atoms with Gasteiger partial charge in [-0.1, -0.05) is 6.07 Å². The van der Waals surface area contributed by atoms with Gasteiger partial charge in [-0.2, -0.15) is 0 Å². The lowest BCUT2D eigenvalue weighted by atomic mass is 10.2. The van der Waals surface area contributed by atoms with Gasteiger partial charge in [-0.25, -0.2) is 0 Å². The van der Waals surface area contributed by atoms with Crippen molar-refractivity contribution in [3.05, 3.63) is 78.3 Å². The molecule has 148 valence electrons. The number of ether oxygens (including phenoxy) is 1. The number of benzene rings is 2. The molecule has 29 heavy (non-hydrogen) atoms. The Balaban J connectivity index is 1.36. The first kappa shape index (κ1) is 18.8. The van der Waals surface area contributed by atoms with Crippen LogP contribution in [0.4, 0.5) is 11.4 Å². The zero-order valence-electron chi connectivity index (χ0n) is 15.9. The number of furan rings is 1. The third-order valence-electron chi connectivity index (χ3n) is 4.85. The van der Waals surface area contributed by atoms with Crippen LogP contribution >= 0.6 is 0 Å². The third-order valence-corrected chi connectivity index (χ3v) is 4.85. The Kier molecular flexibility index (Phi) is 5.61. The topological polar surface area (TPSA) is 80.6 Å². The minimum atomic E-state index is -0.341. The molecule has 0 atom stereocenters. The fourth-order valence-electron chi connectivity index (χ4n) is 3.35. The molecular weight excluding hydrogens is 368 g/mol. The molecule has 4 rings (SSSR count). The summed E-state index contributed by atoms with van der Waals surface area (Å²) in [5.74, 6) is 0.426. The van der Waals surface area contributed by atoms with Gasteiger partial charge in [0.25, 0.3) is 11.8 Å². The summed E-state index contributed by atoms with van der Waals surface area (Å²) in [5.41, 5.74) is 1.75. The van der Waals surface area contributed by atoms with Gasteiger partial charge >= 0.3 is 0 Å². The predicted octanol–water partition coefficient (Wildman–Crippen LogP) is 5.11. The van der Waals surface area contributed by atoms with Crippen LogP contribution in [0.25, 0.3) is 0 Å². The Hall–Kier alpha value is -3.54. The van der Waals surface area contributed by atoms with E-state index < -0.39 is 0 Å². The first-order chi connectivity index (χ1) is 14.2. The number of carbonyl (C=O) groups is 2. The molecule has 0 spiro atoms. The van der Waals surface area contributed by atoms with Crippen LogP contribution in [0.2, 0.25) is 0 Å². The molecule has 6 heteroatoms. The fourth-order valence-corrected chi connectivity index (χ4v) is 3.35. The molecule has 1 aromatic heterocycles. The van der Waals surface area contributed by atoms with Gasteiger partial charge in [0.15, 0.2) is 5.76 Å². The molecule has 3 aromatic rings. The molecule has 2 amide bonds. The molecular formula is C23H22N2O4. The Morgan fingerprint density at radius 2 is 1.62 bits per heavy atom. The van der Waals surface area contributed by atoms with Crippen LogP contribution in [0.15, 0.2) is 71.3 Å². The van der Waals surface area contributed by atoms with E-state index in [1.165, 1.54) is 19.1 Å². The van der Waals surface area contributed by atoms with E-state index in [9.17, 15) is 9.59 Å². The van der Waals surface area contributed by atoms with Crippen molar-refractivity contribution in [2.75, 3.05) is 10.6 Å². The number of nitrogens with one attached hydrogen (secondary N) is 2. The molecule has 0 unspecified atom stereocenters. The smallest absolute Gasteiger partial charge is 0.291 e. The summed E-state index contributed by atoms with van der Waals surface area (Å²) in [5, 5.41) is 5.61. The van der Waals surface area contributed by atoms with Crippen molar-refractivity contribution in [2.24, 2.45) is 0 Å². The molecule has 0 aliphatic heterocycles. The van der Waals surface area contributed by atoms with Crippen molar-refractivity contribution < 1.29 is 18.7 Å². The standard InChI is InChI=1S/C23H22N2O4/c26-22(25-18-5-3-8-20(15-18)29-19-6-1-2-7-19)16-10-12-17(13-11-16)24-23(27)21-9-4-14-28-21/h3-5,8-15,19H,1-2,6-7H2,(H,24,27)(H,25,26). The van der Waals surface area contributed by atoms with Gasteiger partial charge in [0.1, 0.15) is 5.75 Å². The minimum Gasteiger partial charge on any atom is -0.490 e. The molecule has 1 aliphatic carbocycles. The number of carbonyl (C=O) groups excluding carboxylic acids is 2. The van der Waals surface area contributed by atoms with Crippen LogP contribution in [-0.4, -0.2) is 17.9 Å². The number of rotatable bonds is 6. The molecule has 1 saturated carbocycles. The molecule has 2 aromatic carbocycles. The Morgan fingerprint density at radius 1 is 0.862 bits per heavy atom. The number of hydrogen-bond donors (Lipinski definition) is 2. The molecule has 1 aliphatic rings. The lowest BCUT2D eigenvalue weighted by Gasteiger charge is -2.14. The SMILES string of the molecule is O=C(Nc1cccc(OC2CCCC2)c1)c1ccc(NC(=O)c2ccco2)cc1. The summed E-state index contributed by atoms with van der Waals surface area (Å²) in [7, 11) is 0. The Labute approximate surface area is 168 Å². The summed E-state index contributed by atoms with van der Waals surface area (Å²) >= 11 is 0.